The Kier molecular flexibility index (Phi) is 5.35. The molecular formula is C20H24N4O2S2. The number of nitrogens with zero attached hydrogens (tertiary/aromatic N) is 3. The standard InChI is InChI=1S/C20H24N4O2S2/c1-3-28(25,26)24-8-5-17(6-9-24)23-19-11-16(20-22-14(2)13-27-20)10-15-4-7-21-12-18(15)19/h4,7,10-13,17,23H,3,5-6,8-9H2,1-2H3. The summed E-state index contributed by atoms with van der Waals surface area (Å²) in [6.07, 6.45) is 5.27. The fraction of sp³-hybridized carbons (Fsp3) is 0.400. The molecule has 1 fully saturated rings. The minimum Gasteiger partial charge on any atom is -0.382 e. The summed E-state index contributed by atoms with van der Waals surface area (Å²) in [5.41, 5.74) is 3.14. The Balaban J connectivity index is 1.60. The van der Waals surface area contributed by atoms with Crippen molar-refractivity contribution >= 4 is 37.8 Å². The molecule has 1 N–H and O–H groups in total. The first-order valence-electron chi connectivity index (χ1n) is 9.51. The van der Waals surface area contributed by atoms with Crippen LogP contribution in [0, 0.1) is 6.92 Å². The number of aromatic nitrogens is 2. The van der Waals surface area contributed by atoms with Gasteiger partial charge in [-0.2, -0.15) is 0 Å². The number of thiazole rings is 1. The third-order valence-corrected chi connectivity index (χ3v) is 8.08. The van der Waals surface area contributed by atoms with Crippen molar-refractivity contribution in [2.75, 3.05) is 24.2 Å². The van der Waals surface area contributed by atoms with E-state index in [9.17, 15) is 8.42 Å². The SMILES string of the molecule is CCS(=O)(=O)N1CCC(Nc2cc(-c3nc(C)cs3)cc3ccncc23)CC1. The van der Waals surface area contributed by atoms with Gasteiger partial charge in [-0.25, -0.2) is 17.7 Å². The van der Waals surface area contributed by atoms with Crippen molar-refractivity contribution in [1.82, 2.24) is 14.3 Å². The number of benzene rings is 1. The summed E-state index contributed by atoms with van der Waals surface area (Å²) in [7, 11) is -3.10. The highest BCUT2D eigenvalue weighted by atomic mass is 32.2. The Hall–Kier alpha value is -2.03. The summed E-state index contributed by atoms with van der Waals surface area (Å²) in [5.74, 6) is 0.163. The Labute approximate surface area is 169 Å². The van der Waals surface area contributed by atoms with Crippen molar-refractivity contribution in [2.45, 2.75) is 32.7 Å². The smallest absolute Gasteiger partial charge is 0.213 e. The number of piperidine rings is 1. The second kappa shape index (κ2) is 7.77. The van der Waals surface area contributed by atoms with Gasteiger partial charge in [-0.05, 0) is 50.3 Å². The topological polar surface area (TPSA) is 75.2 Å². The molecule has 4 rings (SSSR count). The molecule has 3 aromatic rings. The van der Waals surface area contributed by atoms with Crippen molar-refractivity contribution in [3.8, 4) is 10.6 Å². The molecule has 8 heteroatoms. The second-order valence-corrected chi connectivity index (χ2v) is 10.2. The van der Waals surface area contributed by atoms with Crippen LogP contribution in [0.1, 0.15) is 25.5 Å². The van der Waals surface area contributed by atoms with E-state index < -0.39 is 10.0 Å². The van der Waals surface area contributed by atoms with E-state index in [1.807, 2.05) is 19.2 Å². The molecule has 6 nitrogen and oxygen atoms in total. The second-order valence-electron chi connectivity index (χ2n) is 7.13. The van der Waals surface area contributed by atoms with E-state index in [1.54, 1.807) is 28.8 Å². The zero-order valence-electron chi connectivity index (χ0n) is 16.1. The lowest BCUT2D eigenvalue weighted by molar-refractivity contribution is 0.330. The summed E-state index contributed by atoms with van der Waals surface area (Å²) in [6.45, 7) is 4.83. The van der Waals surface area contributed by atoms with Gasteiger partial charge in [0.25, 0.3) is 0 Å². The zero-order valence-corrected chi connectivity index (χ0v) is 17.7. The van der Waals surface area contributed by atoms with E-state index >= 15 is 0 Å². The molecule has 1 aromatic carbocycles. The molecule has 3 heterocycles. The van der Waals surface area contributed by atoms with Crippen LogP contribution in [-0.4, -0.2) is 47.6 Å². The molecule has 2 aromatic heterocycles. The number of anilines is 1. The molecule has 0 radical (unpaired) electrons. The average Bonchev–Trinajstić information content (AvgIpc) is 3.15. The van der Waals surface area contributed by atoms with Crippen LogP contribution in [0.5, 0.6) is 0 Å². The highest BCUT2D eigenvalue weighted by Gasteiger charge is 2.27. The van der Waals surface area contributed by atoms with Gasteiger partial charge < -0.3 is 5.32 Å². The van der Waals surface area contributed by atoms with Gasteiger partial charge >= 0.3 is 0 Å². The fourth-order valence-corrected chi connectivity index (χ4v) is 5.53. The van der Waals surface area contributed by atoms with E-state index in [2.05, 4.69) is 32.8 Å². The van der Waals surface area contributed by atoms with Crippen LogP contribution in [0.25, 0.3) is 21.3 Å². The Bertz CT molecular complexity index is 1090. The summed E-state index contributed by atoms with van der Waals surface area (Å²) < 4.78 is 25.8. The van der Waals surface area contributed by atoms with Crippen LogP contribution >= 0.6 is 11.3 Å². The predicted octanol–water partition coefficient (Wildman–Crippen LogP) is 3.89. The first-order chi connectivity index (χ1) is 13.5. The number of pyridine rings is 1. The van der Waals surface area contributed by atoms with E-state index in [0.29, 0.717) is 13.1 Å². The Morgan fingerprint density at radius 2 is 2.07 bits per heavy atom. The molecule has 1 saturated heterocycles. The molecular weight excluding hydrogens is 392 g/mol. The van der Waals surface area contributed by atoms with Crippen molar-refractivity contribution in [3.05, 3.63) is 41.7 Å². The largest absolute Gasteiger partial charge is 0.382 e. The molecule has 0 atom stereocenters. The summed E-state index contributed by atoms with van der Waals surface area (Å²) in [4.78, 5) is 8.91. The lowest BCUT2D eigenvalue weighted by Crippen LogP contribution is -2.42. The number of aryl methyl sites for hydroxylation is 1. The van der Waals surface area contributed by atoms with E-state index in [1.165, 1.54) is 0 Å². The summed E-state index contributed by atoms with van der Waals surface area (Å²) in [5, 5.41) is 8.90. The number of sulfonamides is 1. The minimum absolute atomic E-state index is 0.163. The van der Waals surface area contributed by atoms with Crippen LogP contribution in [0.15, 0.2) is 36.0 Å². The normalized spacial score (nSPS) is 16.5. The maximum atomic E-state index is 12.1. The average molecular weight is 417 g/mol. The molecule has 28 heavy (non-hydrogen) atoms. The predicted molar refractivity (Wildman–Crippen MR) is 115 cm³/mol. The highest BCUT2D eigenvalue weighted by molar-refractivity contribution is 7.89. The molecule has 1 aliphatic rings. The van der Waals surface area contributed by atoms with Crippen LogP contribution in [0.2, 0.25) is 0 Å². The van der Waals surface area contributed by atoms with Crippen molar-refractivity contribution in [3.63, 3.8) is 0 Å². The Morgan fingerprint density at radius 1 is 1.29 bits per heavy atom. The Morgan fingerprint density at radius 3 is 2.75 bits per heavy atom. The zero-order chi connectivity index (χ0) is 19.7. The molecule has 0 bridgehead atoms. The van der Waals surface area contributed by atoms with Crippen LogP contribution in [0.3, 0.4) is 0 Å². The third-order valence-electron chi connectivity index (χ3n) is 5.19. The van der Waals surface area contributed by atoms with E-state index in [0.717, 1.165) is 45.6 Å². The van der Waals surface area contributed by atoms with Crippen LogP contribution in [0.4, 0.5) is 5.69 Å². The molecule has 148 valence electrons. The van der Waals surface area contributed by atoms with Gasteiger partial charge in [0.1, 0.15) is 5.01 Å². The number of fused-ring (bicyclic) bond motifs is 1. The third kappa shape index (κ3) is 3.90. The van der Waals surface area contributed by atoms with Gasteiger partial charge in [-0.1, -0.05) is 0 Å². The summed E-state index contributed by atoms with van der Waals surface area (Å²) >= 11 is 1.64. The molecule has 0 saturated carbocycles. The van der Waals surface area contributed by atoms with Crippen molar-refractivity contribution in [2.24, 2.45) is 0 Å². The van der Waals surface area contributed by atoms with Crippen LogP contribution < -0.4 is 5.32 Å². The molecule has 0 unspecified atom stereocenters. The van der Waals surface area contributed by atoms with Gasteiger partial charge in [0.2, 0.25) is 10.0 Å². The molecule has 1 aliphatic heterocycles. The van der Waals surface area contributed by atoms with Gasteiger partial charge in [0, 0.05) is 59.2 Å². The molecule has 0 aliphatic carbocycles. The first kappa shape index (κ1) is 19.3. The fourth-order valence-electron chi connectivity index (χ4n) is 3.61. The van der Waals surface area contributed by atoms with E-state index in [-0.39, 0.29) is 11.8 Å². The maximum absolute atomic E-state index is 12.1. The van der Waals surface area contributed by atoms with E-state index in [4.69, 9.17) is 0 Å². The van der Waals surface area contributed by atoms with Crippen LogP contribution in [-0.2, 0) is 10.0 Å². The minimum atomic E-state index is -3.10. The van der Waals surface area contributed by atoms with Gasteiger partial charge in [-0.3, -0.25) is 4.98 Å². The monoisotopic (exact) mass is 416 g/mol. The summed E-state index contributed by atoms with van der Waals surface area (Å²) in [6, 6.07) is 6.54. The molecule has 0 spiro atoms. The highest BCUT2D eigenvalue weighted by Crippen LogP contribution is 2.33. The number of rotatable bonds is 5. The molecule has 0 amide bonds. The quantitative estimate of drug-likeness (QED) is 0.683. The number of hydrogen-bond donors (Lipinski definition) is 1. The first-order valence-corrected chi connectivity index (χ1v) is 12.0. The van der Waals surface area contributed by atoms with Gasteiger partial charge in [-0.15, -0.1) is 11.3 Å². The number of hydrogen-bond acceptors (Lipinski definition) is 6. The van der Waals surface area contributed by atoms with Crippen molar-refractivity contribution in [1.29, 1.82) is 0 Å². The lowest BCUT2D eigenvalue weighted by Gasteiger charge is -2.32. The van der Waals surface area contributed by atoms with Crippen molar-refractivity contribution < 1.29 is 8.42 Å². The lowest BCUT2D eigenvalue weighted by atomic mass is 10.0. The van der Waals surface area contributed by atoms with Gasteiger partial charge in [0.15, 0.2) is 0 Å². The number of nitrogens with one attached hydrogen (secondary N) is 1. The maximum Gasteiger partial charge on any atom is 0.213 e. The van der Waals surface area contributed by atoms with Gasteiger partial charge in [0.05, 0.1) is 5.75 Å².